The predicted octanol–water partition coefficient (Wildman–Crippen LogP) is 4.45. The highest BCUT2D eigenvalue weighted by molar-refractivity contribution is 5.41. The number of fused-ring (bicyclic) bond motifs is 3. The lowest BCUT2D eigenvalue weighted by Crippen LogP contribution is -2.44. The first-order valence-corrected chi connectivity index (χ1v) is 9.60. The Morgan fingerprint density at radius 3 is 2.69 bits per heavy atom. The highest BCUT2D eigenvalue weighted by atomic mass is 16.3. The van der Waals surface area contributed by atoms with Crippen molar-refractivity contribution in [3.63, 3.8) is 0 Å². The largest absolute Gasteiger partial charge is 0.508 e. The summed E-state index contributed by atoms with van der Waals surface area (Å²) in [6, 6.07) is 16.4. The highest BCUT2D eigenvalue weighted by Gasteiger charge is 2.46. The number of hydrogen-bond acceptors (Lipinski definition) is 2. The molecule has 2 aliphatic carbocycles. The molecule has 1 saturated carbocycles. The van der Waals surface area contributed by atoms with E-state index in [1.807, 2.05) is 25.1 Å². The van der Waals surface area contributed by atoms with Gasteiger partial charge in [-0.3, -0.25) is 0 Å². The number of phenolic OH excluding ortho intramolecular Hbond substituents is 1. The molecule has 2 heteroatoms. The Morgan fingerprint density at radius 1 is 1.12 bits per heavy atom. The zero-order valence-electron chi connectivity index (χ0n) is 15.3. The van der Waals surface area contributed by atoms with Gasteiger partial charge in [-0.1, -0.05) is 42.3 Å². The summed E-state index contributed by atoms with van der Waals surface area (Å²) in [5.74, 6) is 7.64. The predicted molar refractivity (Wildman–Crippen MR) is 104 cm³/mol. The maximum Gasteiger partial charge on any atom is 0.126 e. The first-order valence-electron chi connectivity index (χ1n) is 9.60. The minimum atomic E-state index is -0.871. The van der Waals surface area contributed by atoms with Crippen LogP contribution in [0.5, 0.6) is 5.75 Å². The van der Waals surface area contributed by atoms with Crippen LogP contribution in [0.1, 0.15) is 48.8 Å². The van der Waals surface area contributed by atoms with Crippen LogP contribution in [0.15, 0.2) is 48.5 Å². The zero-order valence-corrected chi connectivity index (χ0v) is 15.3. The second-order valence-corrected chi connectivity index (χ2v) is 7.97. The van der Waals surface area contributed by atoms with Crippen molar-refractivity contribution >= 4 is 0 Å². The van der Waals surface area contributed by atoms with Gasteiger partial charge in [-0.2, -0.15) is 0 Å². The summed E-state index contributed by atoms with van der Waals surface area (Å²) in [7, 11) is 0. The second-order valence-electron chi connectivity index (χ2n) is 7.97. The first-order chi connectivity index (χ1) is 12.6. The third-order valence-electron chi connectivity index (χ3n) is 6.18. The molecule has 2 aromatic rings. The molecule has 2 N–H and O–H groups in total. The van der Waals surface area contributed by atoms with E-state index in [1.165, 1.54) is 16.7 Å². The molecular weight excluding hydrogens is 320 g/mol. The molecule has 0 aliphatic heterocycles. The Labute approximate surface area is 155 Å². The van der Waals surface area contributed by atoms with E-state index in [9.17, 15) is 10.2 Å². The minimum absolute atomic E-state index is 0.352. The van der Waals surface area contributed by atoms with E-state index >= 15 is 0 Å². The van der Waals surface area contributed by atoms with E-state index < -0.39 is 5.60 Å². The highest BCUT2D eigenvalue weighted by Crippen LogP contribution is 2.52. The third kappa shape index (κ3) is 3.24. The van der Waals surface area contributed by atoms with Gasteiger partial charge in [0.05, 0.1) is 0 Å². The molecule has 0 bridgehead atoms. The van der Waals surface area contributed by atoms with Gasteiger partial charge in [0.2, 0.25) is 0 Å². The molecule has 4 rings (SSSR count). The van der Waals surface area contributed by atoms with Crippen LogP contribution >= 0.6 is 0 Å². The fraction of sp³-hybridized carbons (Fsp3) is 0.417. The van der Waals surface area contributed by atoms with Gasteiger partial charge in [0.15, 0.2) is 0 Å². The quantitative estimate of drug-likeness (QED) is 0.789. The van der Waals surface area contributed by atoms with Crippen molar-refractivity contribution in [1.29, 1.82) is 0 Å². The van der Waals surface area contributed by atoms with Crippen molar-refractivity contribution < 1.29 is 10.2 Å². The number of aliphatic hydroxyl groups is 1. The average molecular weight is 346 g/mol. The second kappa shape index (κ2) is 6.82. The Bertz CT molecular complexity index is 846. The fourth-order valence-corrected chi connectivity index (χ4v) is 5.30. The minimum Gasteiger partial charge on any atom is -0.508 e. The molecule has 0 heterocycles. The third-order valence-corrected chi connectivity index (χ3v) is 6.18. The van der Waals surface area contributed by atoms with E-state index in [0.29, 0.717) is 29.9 Å². The van der Waals surface area contributed by atoms with Gasteiger partial charge < -0.3 is 10.2 Å². The molecule has 0 saturated heterocycles. The summed E-state index contributed by atoms with van der Waals surface area (Å²) in [6.07, 6.45) is 4.45. The molecule has 0 aromatic heterocycles. The Morgan fingerprint density at radius 2 is 1.92 bits per heavy atom. The lowest BCUT2D eigenvalue weighted by atomic mass is 9.58. The van der Waals surface area contributed by atoms with Crippen LogP contribution in [0, 0.1) is 23.7 Å². The van der Waals surface area contributed by atoms with Crippen molar-refractivity contribution in [3.8, 4) is 17.6 Å². The summed E-state index contributed by atoms with van der Waals surface area (Å²) >= 11 is 0. The number of rotatable bonds is 2. The summed E-state index contributed by atoms with van der Waals surface area (Å²) in [4.78, 5) is 0. The molecule has 2 aromatic carbocycles. The molecule has 134 valence electrons. The standard InChI is InChI=1S/C24H26O2/c1-2-12-24(26)15-19-9-8-18-14-21(25)10-11-22(18)23(19)20(16-24)13-17-6-4-3-5-7-17/h3-7,10-11,14,19-20,23,25-26H,8-9,13,15-16H2,1H3/t19-,20?,23?,24?/m1/s1. The van der Waals surface area contributed by atoms with Gasteiger partial charge in [0.1, 0.15) is 11.4 Å². The average Bonchev–Trinajstić information content (AvgIpc) is 2.62. The molecule has 0 radical (unpaired) electrons. The van der Waals surface area contributed by atoms with Crippen molar-refractivity contribution in [1.82, 2.24) is 0 Å². The zero-order chi connectivity index (χ0) is 18.1. The molecule has 0 amide bonds. The number of benzene rings is 2. The molecule has 2 aliphatic rings. The summed E-state index contributed by atoms with van der Waals surface area (Å²) in [5.41, 5.74) is 3.09. The Kier molecular flexibility index (Phi) is 4.51. The number of hydrogen-bond donors (Lipinski definition) is 2. The normalized spacial score (nSPS) is 29.8. The summed E-state index contributed by atoms with van der Waals surface area (Å²) in [5, 5.41) is 21.0. The van der Waals surface area contributed by atoms with Crippen LogP contribution in [-0.2, 0) is 12.8 Å². The Hall–Kier alpha value is -2.24. The van der Waals surface area contributed by atoms with Crippen LogP contribution < -0.4 is 0 Å². The van der Waals surface area contributed by atoms with Crippen LogP contribution in [0.4, 0.5) is 0 Å². The van der Waals surface area contributed by atoms with Gasteiger partial charge in [-0.05, 0) is 85.6 Å². The van der Waals surface area contributed by atoms with Crippen molar-refractivity contribution in [2.45, 2.75) is 50.5 Å². The number of aryl methyl sites for hydroxylation is 1. The van der Waals surface area contributed by atoms with E-state index in [1.54, 1.807) is 0 Å². The molecule has 2 nitrogen and oxygen atoms in total. The molecule has 26 heavy (non-hydrogen) atoms. The van der Waals surface area contributed by atoms with E-state index in [4.69, 9.17) is 0 Å². The van der Waals surface area contributed by atoms with Crippen LogP contribution in [0.2, 0.25) is 0 Å². The maximum atomic E-state index is 11.1. The molecule has 1 fully saturated rings. The number of aromatic hydroxyl groups is 1. The van der Waals surface area contributed by atoms with Crippen LogP contribution in [-0.4, -0.2) is 15.8 Å². The first kappa shape index (κ1) is 17.2. The van der Waals surface area contributed by atoms with Gasteiger partial charge in [0, 0.05) is 0 Å². The van der Waals surface area contributed by atoms with Crippen LogP contribution in [0.25, 0.3) is 0 Å². The molecular formula is C24H26O2. The summed E-state index contributed by atoms with van der Waals surface area (Å²) < 4.78 is 0. The van der Waals surface area contributed by atoms with Gasteiger partial charge in [0.25, 0.3) is 0 Å². The smallest absolute Gasteiger partial charge is 0.126 e. The van der Waals surface area contributed by atoms with E-state index in [2.05, 4.69) is 42.2 Å². The SMILES string of the molecule is CC#CC1(O)CC(Cc2ccccc2)C2c3ccc(O)cc3CC[C@@H]2C1. The molecule has 0 spiro atoms. The van der Waals surface area contributed by atoms with Gasteiger partial charge >= 0.3 is 0 Å². The van der Waals surface area contributed by atoms with Gasteiger partial charge in [-0.25, -0.2) is 0 Å². The molecule has 3 unspecified atom stereocenters. The van der Waals surface area contributed by atoms with Crippen molar-refractivity contribution in [3.05, 3.63) is 65.2 Å². The van der Waals surface area contributed by atoms with Crippen LogP contribution in [0.3, 0.4) is 0 Å². The topological polar surface area (TPSA) is 40.5 Å². The fourth-order valence-electron chi connectivity index (χ4n) is 5.30. The number of phenols is 1. The monoisotopic (exact) mass is 346 g/mol. The lowest BCUT2D eigenvalue weighted by Gasteiger charge is -2.47. The van der Waals surface area contributed by atoms with E-state index in [-0.39, 0.29) is 0 Å². The lowest BCUT2D eigenvalue weighted by molar-refractivity contribution is -0.00588. The van der Waals surface area contributed by atoms with Gasteiger partial charge in [-0.15, -0.1) is 5.92 Å². The maximum absolute atomic E-state index is 11.1. The van der Waals surface area contributed by atoms with Crippen molar-refractivity contribution in [2.24, 2.45) is 11.8 Å². The van der Waals surface area contributed by atoms with E-state index in [0.717, 1.165) is 25.7 Å². The van der Waals surface area contributed by atoms with Crippen molar-refractivity contribution in [2.75, 3.05) is 0 Å². The molecule has 4 atom stereocenters. The summed E-state index contributed by atoms with van der Waals surface area (Å²) in [6.45, 7) is 1.81. The Balaban J connectivity index is 1.73.